The van der Waals surface area contributed by atoms with Crippen LogP contribution in [0.1, 0.15) is 32.3 Å². The largest absolute Gasteiger partial charge is 0.478 e. The molecule has 0 unspecified atom stereocenters. The molecule has 0 saturated heterocycles. The number of nitrogens with zero attached hydrogens (tertiary/aromatic N) is 3. The van der Waals surface area contributed by atoms with Gasteiger partial charge in [0.1, 0.15) is 17.0 Å². The highest BCUT2D eigenvalue weighted by molar-refractivity contribution is 6.03. The first-order valence-electron chi connectivity index (χ1n) is 8.02. The van der Waals surface area contributed by atoms with Gasteiger partial charge in [0.15, 0.2) is 0 Å². The summed E-state index contributed by atoms with van der Waals surface area (Å²) < 4.78 is 6.93. The van der Waals surface area contributed by atoms with Crippen molar-refractivity contribution in [3.05, 3.63) is 59.2 Å². The van der Waals surface area contributed by atoms with E-state index in [2.05, 4.69) is 15.4 Å². The molecule has 1 aromatic carbocycles. The SMILES string of the molecule is Cc1oc(-c2ccccc2)nc1CCNC(=O)c1c(C(=O)O)cnn1C. The Labute approximate surface area is 149 Å². The van der Waals surface area contributed by atoms with Gasteiger partial charge in [-0.3, -0.25) is 9.48 Å². The maximum absolute atomic E-state index is 12.3. The standard InChI is InChI=1S/C18H18N4O4/c1-11-14(21-17(26-11)12-6-4-3-5-7-12)8-9-19-16(23)15-13(18(24)25)10-20-22(15)2/h3-7,10H,8-9H2,1-2H3,(H,19,23)(H,24,25). The van der Waals surface area contributed by atoms with Crippen LogP contribution in [0.3, 0.4) is 0 Å². The number of amides is 1. The first-order chi connectivity index (χ1) is 12.5. The molecule has 0 saturated carbocycles. The molecule has 3 aromatic rings. The van der Waals surface area contributed by atoms with Crippen LogP contribution in [0.2, 0.25) is 0 Å². The number of carbonyl (C=O) groups excluding carboxylic acids is 1. The van der Waals surface area contributed by atoms with Gasteiger partial charge in [0, 0.05) is 25.6 Å². The number of rotatable bonds is 6. The second kappa shape index (κ2) is 7.22. The van der Waals surface area contributed by atoms with E-state index in [0.29, 0.717) is 24.6 Å². The van der Waals surface area contributed by atoms with Crippen molar-refractivity contribution in [2.24, 2.45) is 7.05 Å². The minimum Gasteiger partial charge on any atom is -0.478 e. The summed E-state index contributed by atoms with van der Waals surface area (Å²) in [5.74, 6) is -0.469. The van der Waals surface area contributed by atoms with Gasteiger partial charge in [0.2, 0.25) is 5.89 Å². The first kappa shape index (κ1) is 17.4. The quantitative estimate of drug-likeness (QED) is 0.701. The van der Waals surface area contributed by atoms with Crippen molar-refractivity contribution in [2.75, 3.05) is 6.54 Å². The second-order valence-electron chi connectivity index (χ2n) is 5.73. The average Bonchev–Trinajstić information content (AvgIpc) is 3.19. The van der Waals surface area contributed by atoms with Gasteiger partial charge in [0.25, 0.3) is 5.91 Å². The van der Waals surface area contributed by atoms with Crippen LogP contribution in [0.4, 0.5) is 0 Å². The molecule has 0 atom stereocenters. The third-order valence-corrected chi connectivity index (χ3v) is 3.95. The zero-order chi connectivity index (χ0) is 18.7. The van der Waals surface area contributed by atoms with Crippen LogP contribution in [0.5, 0.6) is 0 Å². The monoisotopic (exact) mass is 354 g/mol. The molecular formula is C18H18N4O4. The molecule has 0 aliphatic rings. The number of aryl methyl sites for hydroxylation is 2. The van der Waals surface area contributed by atoms with Crippen molar-refractivity contribution in [3.8, 4) is 11.5 Å². The van der Waals surface area contributed by atoms with E-state index in [1.807, 2.05) is 37.3 Å². The summed E-state index contributed by atoms with van der Waals surface area (Å²) in [7, 11) is 1.52. The Hall–Kier alpha value is -3.42. The lowest BCUT2D eigenvalue weighted by molar-refractivity contribution is 0.0690. The molecule has 0 aliphatic carbocycles. The minimum atomic E-state index is -1.19. The Morgan fingerprint density at radius 2 is 2.00 bits per heavy atom. The highest BCUT2D eigenvalue weighted by Gasteiger charge is 2.21. The van der Waals surface area contributed by atoms with E-state index < -0.39 is 11.9 Å². The molecule has 134 valence electrons. The zero-order valence-electron chi connectivity index (χ0n) is 14.4. The highest BCUT2D eigenvalue weighted by Crippen LogP contribution is 2.21. The lowest BCUT2D eigenvalue weighted by Gasteiger charge is -2.05. The van der Waals surface area contributed by atoms with Crippen LogP contribution >= 0.6 is 0 Å². The van der Waals surface area contributed by atoms with Crippen LogP contribution in [-0.2, 0) is 13.5 Å². The Morgan fingerprint density at radius 1 is 1.27 bits per heavy atom. The Morgan fingerprint density at radius 3 is 2.69 bits per heavy atom. The van der Waals surface area contributed by atoms with Crippen LogP contribution < -0.4 is 5.32 Å². The van der Waals surface area contributed by atoms with E-state index in [4.69, 9.17) is 9.52 Å². The zero-order valence-corrected chi connectivity index (χ0v) is 14.4. The van der Waals surface area contributed by atoms with Gasteiger partial charge < -0.3 is 14.8 Å². The minimum absolute atomic E-state index is 0.0133. The Kier molecular flexibility index (Phi) is 4.83. The molecule has 3 rings (SSSR count). The smallest absolute Gasteiger partial charge is 0.339 e. The fourth-order valence-electron chi connectivity index (χ4n) is 2.61. The van der Waals surface area contributed by atoms with Gasteiger partial charge in [-0.05, 0) is 19.1 Å². The molecule has 0 bridgehead atoms. The molecule has 0 spiro atoms. The molecule has 2 N–H and O–H groups in total. The maximum Gasteiger partial charge on any atom is 0.339 e. The molecule has 0 fully saturated rings. The van der Waals surface area contributed by atoms with E-state index in [0.717, 1.165) is 17.5 Å². The van der Waals surface area contributed by atoms with Crippen LogP contribution in [0.15, 0.2) is 40.9 Å². The van der Waals surface area contributed by atoms with Gasteiger partial charge in [-0.2, -0.15) is 5.10 Å². The number of aromatic nitrogens is 3. The van der Waals surface area contributed by atoms with Gasteiger partial charge >= 0.3 is 5.97 Å². The second-order valence-corrected chi connectivity index (χ2v) is 5.73. The molecular weight excluding hydrogens is 336 g/mol. The van der Waals surface area contributed by atoms with Gasteiger partial charge in [-0.25, -0.2) is 9.78 Å². The number of nitrogens with one attached hydrogen (secondary N) is 1. The molecule has 2 heterocycles. The Balaban J connectivity index is 1.66. The van der Waals surface area contributed by atoms with E-state index in [1.54, 1.807) is 0 Å². The van der Waals surface area contributed by atoms with E-state index >= 15 is 0 Å². The number of benzene rings is 1. The van der Waals surface area contributed by atoms with Crippen molar-refractivity contribution < 1.29 is 19.1 Å². The Bertz CT molecular complexity index is 944. The summed E-state index contributed by atoms with van der Waals surface area (Å²) in [5.41, 5.74) is 1.51. The fourth-order valence-corrected chi connectivity index (χ4v) is 2.61. The number of hydrogen-bond acceptors (Lipinski definition) is 5. The third-order valence-electron chi connectivity index (χ3n) is 3.95. The number of oxazole rings is 1. The lowest BCUT2D eigenvalue weighted by atomic mass is 10.2. The van der Waals surface area contributed by atoms with E-state index in [9.17, 15) is 9.59 Å². The maximum atomic E-state index is 12.3. The topological polar surface area (TPSA) is 110 Å². The predicted octanol–water partition coefficient (Wildman–Crippen LogP) is 2.05. The fraction of sp³-hybridized carbons (Fsp3) is 0.222. The molecule has 8 heteroatoms. The number of carboxylic acid groups (broad SMARTS) is 1. The van der Waals surface area contributed by atoms with Crippen molar-refractivity contribution in [1.82, 2.24) is 20.1 Å². The van der Waals surface area contributed by atoms with Crippen molar-refractivity contribution in [1.29, 1.82) is 0 Å². The van der Waals surface area contributed by atoms with Gasteiger partial charge in [0.05, 0.1) is 11.9 Å². The van der Waals surface area contributed by atoms with E-state index in [1.165, 1.54) is 11.7 Å². The number of aromatic carboxylic acids is 1. The van der Waals surface area contributed by atoms with Crippen molar-refractivity contribution >= 4 is 11.9 Å². The molecule has 8 nitrogen and oxygen atoms in total. The van der Waals surface area contributed by atoms with Gasteiger partial charge in [-0.15, -0.1) is 0 Å². The number of carboxylic acids is 1. The average molecular weight is 354 g/mol. The van der Waals surface area contributed by atoms with Crippen LogP contribution in [0.25, 0.3) is 11.5 Å². The van der Waals surface area contributed by atoms with Crippen molar-refractivity contribution in [2.45, 2.75) is 13.3 Å². The van der Waals surface area contributed by atoms with Crippen LogP contribution in [0, 0.1) is 6.92 Å². The molecule has 0 radical (unpaired) electrons. The summed E-state index contributed by atoms with van der Waals surface area (Å²) >= 11 is 0. The molecule has 2 aromatic heterocycles. The summed E-state index contributed by atoms with van der Waals surface area (Å²) in [4.78, 5) is 27.9. The molecule has 1 amide bonds. The summed E-state index contributed by atoms with van der Waals surface area (Å²) in [6, 6.07) is 9.55. The summed E-state index contributed by atoms with van der Waals surface area (Å²) in [5, 5.41) is 15.6. The highest BCUT2D eigenvalue weighted by atomic mass is 16.4. The molecule has 26 heavy (non-hydrogen) atoms. The normalized spacial score (nSPS) is 10.7. The van der Waals surface area contributed by atoms with E-state index in [-0.39, 0.29) is 11.3 Å². The van der Waals surface area contributed by atoms with Crippen molar-refractivity contribution in [3.63, 3.8) is 0 Å². The summed E-state index contributed by atoms with van der Waals surface area (Å²) in [6.45, 7) is 2.12. The summed E-state index contributed by atoms with van der Waals surface area (Å²) in [6.07, 6.45) is 1.62. The predicted molar refractivity (Wildman–Crippen MR) is 92.9 cm³/mol. The van der Waals surface area contributed by atoms with Gasteiger partial charge in [-0.1, -0.05) is 18.2 Å². The first-order valence-corrected chi connectivity index (χ1v) is 8.02. The number of carbonyl (C=O) groups is 2. The van der Waals surface area contributed by atoms with Crippen LogP contribution in [-0.4, -0.2) is 38.3 Å². The third kappa shape index (κ3) is 3.49. The molecule has 0 aliphatic heterocycles. The lowest BCUT2D eigenvalue weighted by Crippen LogP contribution is -2.29. The number of hydrogen-bond donors (Lipinski definition) is 2.